The molecule has 36 heavy (non-hydrogen) atoms. The fourth-order valence-electron chi connectivity index (χ4n) is 3.73. The summed E-state index contributed by atoms with van der Waals surface area (Å²) < 4.78 is 32.9. The Morgan fingerprint density at radius 1 is 0.833 bits per heavy atom. The molecule has 1 heterocycles. The van der Waals surface area contributed by atoms with Gasteiger partial charge in [0.2, 0.25) is 10.0 Å². The van der Waals surface area contributed by atoms with Crippen molar-refractivity contribution < 1.29 is 22.7 Å². The molecule has 2 amide bonds. The van der Waals surface area contributed by atoms with E-state index in [-0.39, 0.29) is 43.6 Å². The van der Waals surface area contributed by atoms with Crippen molar-refractivity contribution in [2.75, 3.05) is 31.5 Å². The molecule has 0 radical (unpaired) electrons. The SMILES string of the molecule is O=C(Nc1ccc(S(=O)(=O)N2CCN(C(=O)OCc3ccccc3)CC2)cc1)c1ccc(CCl)cc1. The number of amides is 2. The average molecular weight is 528 g/mol. The van der Waals surface area contributed by atoms with Crippen LogP contribution in [0.25, 0.3) is 0 Å². The van der Waals surface area contributed by atoms with Gasteiger partial charge in [-0.15, -0.1) is 11.6 Å². The third-order valence-electron chi connectivity index (χ3n) is 5.82. The number of piperazine rings is 1. The number of carbonyl (C=O) groups excluding carboxylic acids is 2. The molecule has 188 valence electrons. The zero-order valence-corrected chi connectivity index (χ0v) is 21.0. The quantitative estimate of drug-likeness (QED) is 0.462. The van der Waals surface area contributed by atoms with Crippen LogP contribution in [0.15, 0.2) is 83.8 Å². The van der Waals surface area contributed by atoms with E-state index in [9.17, 15) is 18.0 Å². The maximum atomic E-state index is 13.1. The van der Waals surface area contributed by atoms with Crippen molar-refractivity contribution >= 4 is 39.3 Å². The van der Waals surface area contributed by atoms with Crippen LogP contribution in [0.2, 0.25) is 0 Å². The fourth-order valence-corrected chi connectivity index (χ4v) is 5.33. The van der Waals surface area contributed by atoms with Crippen molar-refractivity contribution in [2.45, 2.75) is 17.4 Å². The Balaban J connectivity index is 1.30. The summed E-state index contributed by atoms with van der Waals surface area (Å²) in [7, 11) is -3.74. The summed E-state index contributed by atoms with van der Waals surface area (Å²) in [4.78, 5) is 26.4. The topological polar surface area (TPSA) is 96.0 Å². The van der Waals surface area contributed by atoms with Gasteiger partial charge in [0.25, 0.3) is 5.91 Å². The summed E-state index contributed by atoms with van der Waals surface area (Å²) >= 11 is 5.78. The predicted octanol–water partition coefficient (Wildman–Crippen LogP) is 4.32. The minimum atomic E-state index is -3.74. The van der Waals surface area contributed by atoms with Crippen LogP contribution < -0.4 is 5.32 Å². The lowest BCUT2D eigenvalue weighted by Crippen LogP contribution is -2.50. The molecule has 4 rings (SSSR count). The molecule has 10 heteroatoms. The first-order valence-corrected chi connectivity index (χ1v) is 13.4. The van der Waals surface area contributed by atoms with Gasteiger partial charge in [0.15, 0.2) is 0 Å². The van der Waals surface area contributed by atoms with Gasteiger partial charge in [-0.3, -0.25) is 4.79 Å². The monoisotopic (exact) mass is 527 g/mol. The predicted molar refractivity (Wildman–Crippen MR) is 137 cm³/mol. The highest BCUT2D eigenvalue weighted by molar-refractivity contribution is 7.89. The highest BCUT2D eigenvalue weighted by Crippen LogP contribution is 2.21. The molecule has 1 fully saturated rings. The zero-order chi connectivity index (χ0) is 25.5. The van der Waals surface area contributed by atoms with Crippen molar-refractivity contribution in [3.63, 3.8) is 0 Å². The first kappa shape index (κ1) is 25.7. The van der Waals surface area contributed by atoms with Crippen molar-refractivity contribution in [1.82, 2.24) is 9.21 Å². The smallest absolute Gasteiger partial charge is 0.410 e. The van der Waals surface area contributed by atoms with Crippen LogP contribution in [0.5, 0.6) is 0 Å². The molecule has 1 N–H and O–H groups in total. The molecule has 0 atom stereocenters. The van der Waals surface area contributed by atoms with Gasteiger partial charge >= 0.3 is 6.09 Å². The van der Waals surface area contributed by atoms with E-state index in [1.807, 2.05) is 30.3 Å². The standard InChI is InChI=1S/C26H26ClN3O5S/c27-18-20-6-8-22(9-7-20)25(31)28-23-10-12-24(13-11-23)36(33,34)30-16-14-29(15-17-30)26(32)35-19-21-4-2-1-3-5-21/h1-13H,14-19H2,(H,28,31). The lowest BCUT2D eigenvalue weighted by atomic mass is 10.1. The molecule has 0 saturated carbocycles. The number of rotatable bonds is 7. The van der Waals surface area contributed by atoms with Crippen LogP contribution in [0.3, 0.4) is 0 Å². The van der Waals surface area contributed by atoms with Crippen LogP contribution in [0.1, 0.15) is 21.5 Å². The second kappa shape index (κ2) is 11.6. The summed E-state index contributed by atoms with van der Waals surface area (Å²) in [6, 6.07) is 22.3. The number of nitrogens with one attached hydrogen (secondary N) is 1. The number of benzene rings is 3. The minimum absolute atomic E-state index is 0.118. The number of sulfonamides is 1. The first-order chi connectivity index (χ1) is 17.4. The molecular formula is C26H26ClN3O5S. The van der Waals surface area contributed by atoms with E-state index in [2.05, 4.69) is 5.32 Å². The van der Waals surface area contributed by atoms with Gasteiger partial charge in [0.1, 0.15) is 6.61 Å². The largest absolute Gasteiger partial charge is 0.445 e. The maximum Gasteiger partial charge on any atom is 0.410 e. The molecule has 0 aromatic heterocycles. The fraction of sp³-hybridized carbons (Fsp3) is 0.231. The molecule has 1 saturated heterocycles. The number of alkyl halides is 1. The molecule has 3 aromatic rings. The molecule has 8 nitrogen and oxygen atoms in total. The van der Waals surface area contributed by atoms with Gasteiger partial charge in [-0.25, -0.2) is 13.2 Å². The second-order valence-electron chi connectivity index (χ2n) is 8.24. The maximum absolute atomic E-state index is 13.1. The Hall–Kier alpha value is -3.40. The minimum Gasteiger partial charge on any atom is -0.445 e. The molecule has 0 unspecified atom stereocenters. The Morgan fingerprint density at radius 3 is 2.08 bits per heavy atom. The molecule has 0 aliphatic carbocycles. The van der Waals surface area contributed by atoms with Crippen LogP contribution >= 0.6 is 11.6 Å². The highest BCUT2D eigenvalue weighted by atomic mass is 35.5. The first-order valence-electron chi connectivity index (χ1n) is 11.4. The third-order valence-corrected chi connectivity index (χ3v) is 8.04. The highest BCUT2D eigenvalue weighted by Gasteiger charge is 2.30. The number of carbonyl (C=O) groups is 2. The Kier molecular flexibility index (Phi) is 8.25. The molecule has 1 aliphatic heterocycles. The molecule has 1 aliphatic rings. The average Bonchev–Trinajstić information content (AvgIpc) is 2.92. The van der Waals surface area contributed by atoms with Crippen molar-refractivity contribution in [3.05, 3.63) is 95.6 Å². The lowest BCUT2D eigenvalue weighted by Gasteiger charge is -2.33. The van der Waals surface area contributed by atoms with E-state index < -0.39 is 16.1 Å². The van der Waals surface area contributed by atoms with E-state index in [4.69, 9.17) is 16.3 Å². The van der Waals surface area contributed by atoms with Crippen LogP contribution in [0, 0.1) is 0 Å². The van der Waals surface area contributed by atoms with Gasteiger partial charge in [0, 0.05) is 43.3 Å². The molecule has 3 aromatic carbocycles. The van der Waals surface area contributed by atoms with Crippen LogP contribution in [-0.2, 0) is 27.2 Å². The van der Waals surface area contributed by atoms with Crippen LogP contribution in [-0.4, -0.2) is 55.8 Å². The summed E-state index contributed by atoms with van der Waals surface area (Å²) in [6.45, 7) is 0.978. The van der Waals surface area contributed by atoms with E-state index in [0.29, 0.717) is 17.1 Å². The Bertz CT molecular complexity index is 1290. The third kappa shape index (κ3) is 6.23. The Labute approximate surface area is 215 Å². The van der Waals surface area contributed by atoms with Crippen LogP contribution in [0.4, 0.5) is 10.5 Å². The lowest BCUT2D eigenvalue weighted by molar-refractivity contribution is 0.0838. The molecular weight excluding hydrogens is 502 g/mol. The van der Waals surface area contributed by atoms with Crippen molar-refractivity contribution in [3.8, 4) is 0 Å². The van der Waals surface area contributed by atoms with Crippen molar-refractivity contribution in [2.24, 2.45) is 0 Å². The second-order valence-corrected chi connectivity index (χ2v) is 10.4. The molecule has 0 spiro atoms. The van der Waals surface area contributed by atoms with Gasteiger partial charge in [0.05, 0.1) is 4.90 Å². The number of hydrogen-bond donors (Lipinski definition) is 1. The summed E-state index contributed by atoms with van der Waals surface area (Å²) in [5.41, 5.74) is 2.75. The van der Waals surface area contributed by atoms with Gasteiger partial charge in [-0.1, -0.05) is 42.5 Å². The van der Waals surface area contributed by atoms with E-state index >= 15 is 0 Å². The van der Waals surface area contributed by atoms with E-state index in [1.54, 1.807) is 36.4 Å². The van der Waals surface area contributed by atoms with Crippen molar-refractivity contribution in [1.29, 1.82) is 0 Å². The van der Waals surface area contributed by atoms with E-state index in [1.165, 1.54) is 21.3 Å². The summed E-state index contributed by atoms with van der Waals surface area (Å²) in [5, 5.41) is 2.76. The number of hydrogen-bond acceptors (Lipinski definition) is 5. The summed E-state index contributed by atoms with van der Waals surface area (Å²) in [6.07, 6.45) is -0.465. The number of nitrogens with zero attached hydrogens (tertiary/aromatic N) is 2. The van der Waals surface area contributed by atoms with Gasteiger partial charge < -0.3 is 15.0 Å². The van der Waals surface area contributed by atoms with Gasteiger partial charge in [-0.2, -0.15) is 4.31 Å². The Morgan fingerprint density at radius 2 is 1.47 bits per heavy atom. The number of ether oxygens (including phenoxy) is 1. The van der Waals surface area contributed by atoms with Gasteiger partial charge in [-0.05, 0) is 47.5 Å². The normalized spacial score (nSPS) is 14.3. The molecule has 0 bridgehead atoms. The zero-order valence-electron chi connectivity index (χ0n) is 19.5. The number of anilines is 1. The van der Waals surface area contributed by atoms with E-state index in [0.717, 1.165) is 11.1 Å². The number of halogens is 1. The summed E-state index contributed by atoms with van der Waals surface area (Å²) in [5.74, 6) is 0.0626.